The Labute approximate surface area is 88.1 Å². The van der Waals surface area contributed by atoms with E-state index < -0.39 is 0 Å². The van der Waals surface area contributed by atoms with Gasteiger partial charge in [-0.3, -0.25) is 0 Å². The predicted molar refractivity (Wildman–Crippen MR) is 58.2 cm³/mol. The van der Waals surface area contributed by atoms with E-state index in [4.69, 9.17) is 5.11 Å². The van der Waals surface area contributed by atoms with Gasteiger partial charge in [0.25, 0.3) is 0 Å². The zero-order valence-corrected chi connectivity index (χ0v) is 8.77. The van der Waals surface area contributed by atoms with Gasteiger partial charge >= 0.3 is 0 Å². The molecular formula is C12H13NO2. The van der Waals surface area contributed by atoms with Gasteiger partial charge in [-0.25, -0.2) is 9.79 Å². The number of aliphatic hydroxyl groups is 1. The van der Waals surface area contributed by atoms with Crippen LogP contribution < -0.4 is 10.6 Å². The SMILES string of the molecule is CC(C)O.O=C=C1C=c2ccccc2=N1. The van der Waals surface area contributed by atoms with E-state index in [0.717, 1.165) is 10.6 Å². The van der Waals surface area contributed by atoms with Crippen LogP contribution in [0.4, 0.5) is 0 Å². The minimum absolute atomic E-state index is 0.167. The topological polar surface area (TPSA) is 49.7 Å². The van der Waals surface area contributed by atoms with Crippen molar-refractivity contribution in [3.8, 4) is 0 Å². The fourth-order valence-electron chi connectivity index (χ4n) is 1.07. The number of allylic oxidation sites excluding steroid dienone is 1. The van der Waals surface area contributed by atoms with Gasteiger partial charge in [-0.05, 0) is 26.0 Å². The summed E-state index contributed by atoms with van der Waals surface area (Å²) in [6.45, 7) is 3.44. The van der Waals surface area contributed by atoms with E-state index >= 15 is 0 Å². The van der Waals surface area contributed by atoms with Crippen molar-refractivity contribution < 1.29 is 9.90 Å². The van der Waals surface area contributed by atoms with Crippen LogP contribution in [0.1, 0.15) is 13.8 Å². The van der Waals surface area contributed by atoms with Crippen molar-refractivity contribution in [2.24, 2.45) is 4.99 Å². The Morgan fingerprint density at radius 1 is 1.33 bits per heavy atom. The average molecular weight is 203 g/mol. The Kier molecular flexibility index (Phi) is 3.98. The summed E-state index contributed by atoms with van der Waals surface area (Å²) in [5.74, 6) is 1.76. The molecule has 0 bridgehead atoms. The highest BCUT2D eigenvalue weighted by molar-refractivity contribution is 5.68. The number of para-hydroxylation sites is 1. The summed E-state index contributed by atoms with van der Waals surface area (Å²) in [6, 6.07) is 7.60. The van der Waals surface area contributed by atoms with Crippen LogP contribution in [0.5, 0.6) is 0 Å². The maximum atomic E-state index is 10.2. The molecule has 1 aromatic rings. The number of fused-ring (bicyclic) bond motifs is 1. The van der Waals surface area contributed by atoms with E-state index in [2.05, 4.69) is 4.99 Å². The fourth-order valence-corrected chi connectivity index (χ4v) is 1.07. The highest BCUT2D eigenvalue weighted by atomic mass is 16.3. The molecule has 0 atom stereocenters. The molecule has 3 heteroatoms. The molecule has 78 valence electrons. The van der Waals surface area contributed by atoms with Crippen LogP contribution in [-0.2, 0) is 4.79 Å². The number of aliphatic hydroxyl groups excluding tert-OH is 1. The van der Waals surface area contributed by atoms with Crippen molar-refractivity contribution in [1.29, 1.82) is 0 Å². The second-order valence-electron chi connectivity index (χ2n) is 3.40. The first kappa shape index (κ1) is 11.4. The van der Waals surface area contributed by atoms with Crippen LogP contribution in [0.2, 0.25) is 0 Å². The molecule has 3 nitrogen and oxygen atoms in total. The molecule has 1 N–H and O–H groups in total. The van der Waals surface area contributed by atoms with Gasteiger partial charge in [0.05, 0.1) is 5.36 Å². The summed E-state index contributed by atoms with van der Waals surface area (Å²) in [7, 11) is 0. The van der Waals surface area contributed by atoms with Crippen molar-refractivity contribution in [3.05, 3.63) is 40.5 Å². The molecular weight excluding hydrogens is 190 g/mol. The normalized spacial score (nSPS) is 11.9. The minimum atomic E-state index is -0.167. The Hall–Kier alpha value is -1.70. The van der Waals surface area contributed by atoms with Gasteiger partial charge in [-0.1, -0.05) is 18.2 Å². The Morgan fingerprint density at radius 2 is 1.93 bits per heavy atom. The second-order valence-corrected chi connectivity index (χ2v) is 3.40. The van der Waals surface area contributed by atoms with Gasteiger partial charge in [0.1, 0.15) is 5.70 Å². The van der Waals surface area contributed by atoms with Gasteiger partial charge in [-0.15, -0.1) is 0 Å². The lowest BCUT2D eigenvalue weighted by Crippen LogP contribution is -2.19. The van der Waals surface area contributed by atoms with E-state index in [1.807, 2.05) is 24.3 Å². The molecule has 0 aliphatic carbocycles. The standard InChI is InChI=1S/C9H5NO.C3H8O/c11-6-8-5-7-3-1-2-4-9(7)10-8;1-3(2)4/h1-5H;3-4H,1-2H3. The van der Waals surface area contributed by atoms with Crippen LogP contribution >= 0.6 is 0 Å². The lowest BCUT2D eigenvalue weighted by Gasteiger charge is -1.80. The van der Waals surface area contributed by atoms with E-state index in [1.165, 1.54) is 0 Å². The molecule has 0 aromatic heterocycles. The summed E-state index contributed by atoms with van der Waals surface area (Å²) in [4.78, 5) is 14.2. The van der Waals surface area contributed by atoms with Crippen LogP contribution in [-0.4, -0.2) is 17.2 Å². The molecule has 0 saturated heterocycles. The van der Waals surface area contributed by atoms with E-state index in [0.29, 0.717) is 5.70 Å². The molecule has 1 aliphatic heterocycles. The van der Waals surface area contributed by atoms with Crippen LogP contribution in [0.25, 0.3) is 6.08 Å². The summed E-state index contributed by atoms with van der Waals surface area (Å²) in [6.07, 6.45) is 1.56. The zero-order valence-electron chi connectivity index (χ0n) is 8.77. The number of nitrogens with zero attached hydrogens (tertiary/aromatic N) is 1. The Morgan fingerprint density at radius 3 is 2.47 bits per heavy atom. The van der Waals surface area contributed by atoms with Crippen LogP contribution in [0, 0.1) is 0 Å². The van der Waals surface area contributed by atoms with Crippen molar-refractivity contribution >= 4 is 12.0 Å². The summed E-state index contributed by atoms with van der Waals surface area (Å²) < 4.78 is 0. The molecule has 0 fully saturated rings. The third-order valence-corrected chi connectivity index (χ3v) is 1.57. The maximum absolute atomic E-state index is 10.2. The molecule has 1 aromatic carbocycles. The number of carbonyl (C=O) groups excluding carboxylic acids is 1. The first-order valence-electron chi connectivity index (χ1n) is 4.72. The molecule has 1 heterocycles. The number of benzene rings is 1. The largest absolute Gasteiger partial charge is 0.394 e. The number of hydrogen-bond acceptors (Lipinski definition) is 3. The molecule has 0 amide bonds. The van der Waals surface area contributed by atoms with Crippen LogP contribution in [0.15, 0.2) is 35.0 Å². The molecule has 15 heavy (non-hydrogen) atoms. The lowest BCUT2D eigenvalue weighted by molar-refractivity contribution is 0.216. The molecule has 0 radical (unpaired) electrons. The Balaban J connectivity index is 0.000000245. The van der Waals surface area contributed by atoms with Gasteiger partial charge in [0.15, 0.2) is 5.94 Å². The van der Waals surface area contributed by atoms with Gasteiger partial charge in [-0.2, -0.15) is 0 Å². The van der Waals surface area contributed by atoms with Crippen LogP contribution in [0.3, 0.4) is 0 Å². The van der Waals surface area contributed by atoms with Gasteiger partial charge in [0.2, 0.25) is 0 Å². The Bertz CT molecular complexity index is 457. The van der Waals surface area contributed by atoms with E-state index in [1.54, 1.807) is 25.9 Å². The monoisotopic (exact) mass is 203 g/mol. The smallest absolute Gasteiger partial charge is 0.152 e. The predicted octanol–water partition coefficient (Wildman–Crippen LogP) is 0.203. The fraction of sp³-hybridized carbons (Fsp3) is 0.250. The van der Waals surface area contributed by atoms with E-state index in [9.17, 15) is 4.79 Å². The highest BCUT2D eigenvalue weighted by Gasteiger charge is 1.97. The van der Waals surface area contributed by atoms with Gasteiger partial charge < -0.3 is 5.11 Å². The summed E-state index contributed by atoms with van der Waals surface area (Å²) in [5.41, 5.74) is 0.381. The maximum Gasteiger partial charge on any atom is 0.152 e. The highest BCUT2D eigenvalue weighted by Crippen LogP contribution is 1.93. The van der Waals surface area contributed by atoms with E-state index in [-0.39, 0.29) is 6.10 Å². The lowest BCUT2D eigenvalue weighted by atomic mass is 10.3. The van der Waals surface area contributed by atoms with Crippen molar-refractivity contribution in [3.63, 3.8) is 0 Å². The zero-order chi connectivity index (χ0) is 11.3. The summed E-state index contributed by atoms with van der Waals surface area (Å²) >= 11 is 0. The number of hydrogen-bond donors (Lipinski definition) is 1. The third kappa shape index (κ3) is 3.50. The molecule has 0 spiro atoms. The third-order valence-electron chi connectivity index (χ3n) is 1.57. The average Bonchev–Trinajstić information content (AvgIpc) is 2.59. The molecule has 0 saturated carbocycles. The molecule has 1 aliphatic rings. The second kappa shape index (κ2) is 5.25. The first-order chi connectivity index (χ1) is 7.13. The van der Waals surface area contributed by atoms with Crippen molar-refractivity contribution in [2.45, 2.75) is 20.0 Å². The molecule has 0 unspecified atom stereocenters. The van der Waals surface area contributed by atoms with Crippen molar-refractivity contribution in [2.75, 3.05) is 0 Å². The quantitative estimate of drug-likeness (QED) is 0.612. The van der Waals surface area contributed by atoms with Gasteiger partial charge in [0, 0.05) is 11.3 Å². The minimum Gasteiger partial charge on any atom is -0.394 e. The first-order valence-corrected chi connectivity index (χ1v) is 4.72. The number of rotatable bonds is 0. The molecule has 2 rings (SSSR count). The van der Waals surface area contributed by atoms with Crippen molar-refractivity contribution in [1.82, 2.24) is 0 Å². The summed E-state index contributed by atoms with van der Waals surface area (Å²) in [5, 5.41) is 9.90.